The Morgan fingerprint density at radius 3 is 2.76 bits per heavy atom. The third kappa shape index (κ3) is 3.22. The molecule has 88 valence electrons. The van der Waals surface area contributed by atoms with Crippen LogP contribution in [0.3, 0.4) is 0 Å². The zero-order valence-electron chi connectivity index (χ0n) is 8.61. The number of carbonyl (C=O) groups excluding carboxylic acids is 1. The molecule has 2 aromatic rings. The summed E-state index contributed by atoms with van der Waals surface area (Å²) in [5.74, 6) is 0.187. The van der Waals surface area contributed by atoms with E-state index in [0.717, 1.165) is 5.56 Å². The van der Waals surface area contributed by atoms with Crippen LogP contribution in [0, 0.1) is 0 Å². The minimum absolute atomic E-state index is 0.197. The molecular weight excluding hydrogens is 263 g/mol. The maximum Gasteiger partial charge on any atom is 0.230 e. The van der Waals surface area contributed by atoms with E-state index in [1.165, 1.54) is 6.26 Å². The first-order valence-corrected chi connectivity index (χ1v) is 5.55. The van der Waals surface area contributed by atoms with Gasteiger partial charge in [-0.05, 0) is 17.7 Å². The van der Waals surface area contributed by atoms with Gasteiger partial charge in [0.05, 0.1) is 16.5 Å². The number of rotatable bonds is 3. The number of hydrogen-bond donors (Lipinski definition) is 1. The van der Waals surface area contributed by atoms with Crippen LogP contribution in [-0.2, 0) is 11.2 Å². The molecule has 0 saturated heterocycles. The lowest BCUT2D eigenvalue weighted by atomic mass is 10.1. The van der Waals surface area contributed by atoms with E-state index in [-0.39, 0.29) is 12.3 Å². The van der Waals surface area contributed by atoms with Crippen molar-refractivity contribution in [2.24, 2.45) is 0 Å². The number of amides is 1. The van der Waals surface area contributed by atoms with Gasteiger partial charge in [0, 0.05) is 6.07 Å². The van der Waals surface area contributed by atoms with Crippen molar-refractivity contribution >= 4 is 34.9 Å². The average molecular weight is 271 g/mol. The molecule has 0 aliphatic carbocycles. The lowest BCUT2D eigenvalue weighted by molar-refractivity contribution is -0.115. The van der Waals surface area contributed by atoms with Gasteiger partial charge in [0.1, 0.15) is 6.26 Å². The highest BCUT2D eigenvalue weighted by Crippen LogP contribution is 2.22. The fourth-order valence-corrected chi connectivity index (χ4v) is 1.62. The lowest BCUT2D eigenvalue weighted by Gasteiger charge is -2.03. The molecule has 0 atom stereocenters. The van der Waals surface area contributed by atoms with E-state index in [2.05, 4.69) is 15.0 Å². The zero-order chi connectivity index (χ0) is 12.3. The van der Waals surface area contributed by atoms with Crippen LogP contribution >= 0.6 is 23.2 Å². The molecule has 1 aromatic carbocycles. The Labute approximate surface area is 108 Å². The Morgan fingerprint density at radius 1 is 1.29 bits per heavy atom. The fourth-order valence-electron chi connectivity index (χ4n) is 1.30. The van der Waals surface area contributed by atoms with Crippen molar-refractivity contribution in [3.05, 3.63) is 46.1 Å². The molecule has 0 aliphatic heterocycles. The van der Waals surface area contributed by atoms with Crippen molar-refractivity contribution in [3.63, 3.8) is 0 Å². The van der Waals surface area contributed by atoms with Gasteiger partial charge >= 0.3 is 0 Å². The molecule has 2 rings (SSSR count). The molecule has 1 amide bonds. The van der Waals surface area contributed by atoms with Gasteiger partial charge in [-0.15, -0.1) is 0 Å². The van der Waals surface area contributed by atoms with E-state index in [1.807, 2.05) is 0 Å². The predicted molar refractivity (Wildman–Crippen MR) is 65.3 cm³/mol. The van der Waals surface area contributed by atoms with Crippen LogP contribution in [0.4, 0.5) is 5.82 Å². The number of carbonyl (C=O) groups is 1. The number of aromatic nitrogens is 1. The van der Waals surface area contributed by atoms with Crippen LogP contribution in [0.1, 0.15) is 5.56 Å². The second-order valence-electron chi connectivity index (χ2n) is 3.36. The van der Waals surface area contributed by atoms with E-state index in [0.29, 0.717) is 15.9 Å². The summed E-state index contributed by atoms with van der Waals surface area (Å²) in [7, 11) is 0. The highest BCUT2D eigenvalue weighted by Gasteiger charge is 2.07. The molecule has 0 saturated carbocycles. The summed E-state index contributed by atoms with van der Waals surface area (Å²) >= 11 is 11.6. The minimum Gasteiger partial charge on any atom is -0.363 e. The smallest absolute Gasteiger partial charge is 0.230 e. The minimum atomic E-state index is -0.197. The summed E-state index contributed by atoms with van der Waals surface area (Å²) in [4.78, 5) is 11.6. The van der Waals surface area contributed by atoms with Crippen LogP contribution in [0.5, 0.6) is 0 Å². The average Bonchev–Trinajstić information content (AvgIpc) is 2.76. The molecule has 0 bridgehead atoms. The first kappa shape index (κ1) is 12.0. The normalized spacial score (nSPS) is 10.2. The zero-order valence-corrected chi connectivity index (χ0v) is 10.1. The molecule has 0 fully saturated rings. The van der Waals surface area contributed by atoms with E-state index < -0.39 is 0 Å². The van der Waals surface area contributed by atoms with Crippen molar-refractivity contribution in [1.82, 2.24) is 5.16 Å². The second-order valence-corrected chi connectivity index (χ2v) is 4.17. The number of nitrogens with zero attached hydrogens (tertiary/aromatic N) is 1. The van der Waals surface area contributed by atoms with Gasteiger partial charge < -0.3 is 9.84 Å². The third-order valence-electron chi connectivity index (χ3n) is 2.05. The van der Waals surface area contributed by atoms with Crippen molar-refractivity contribution in [2.45, 2.75) is 6.42 Å². The van der Waals surface area contributed by atoms with E-state index >= 15 is 0 Å². The van der Waals surface area contributed by atoms with Crippen molar-refractivity contribution in [1.29, 1.82) is 0 Å². The van der Waals surface area contributed by atoms with E-state index in [9.17, 15) is 4.79 Å². The quantitative estimate of drug-likeness (QED) is 0.932. The number of halogens is 2. The van der Waals surface area contributed by atoms with Gasteiger partial charge in [0.15, 0.2) is 5.82 Å². The number of benzene rings is 1. The van der Waals surface area contributed by atoms with Crippen LogP contribution in [0.2, 0.25) is 10.0 Å². The van der Waals surface area contributed by atoms with Gasteiger partial charge in [0.25, 0.3) is 0 Å². The summed E-state index contributed by atoms with van der Waals surface area (Å²) in [5.41, 5.74) is 0.778. The van der Waals surface area contributed by atoms with Gasteiger partial charge in [-0.25, -0.2) is 0 Å². The molecule has 0 radical (unpaired) electrons. The molecule has 1 N–H and O–H groups in total. The maximum atomic E-state index is 11.6. The van der Waals surface area contributed by atoms with Crippen molar-refractivity contribution < 1.29 is 9.32 Å². The number of nitrogens with one attached hydrogen (secondary N) is 1. The SMILES string of the molecule is O=C(Cc1ccc(Cl)c(Cl)c1)Nc1ccon1. The molecular formula is C11H8Cl2N2O2. The van der Waals surface area contributed by atoms with Gasteiger partial charge in [-0.2, -0.15) is 0 Å². The Bertz CT molecular complexity index is 526. The number of anilines is 1. The Kier molecular flexibility index (Phi) is 3.66. The summed E-state index contributed by atoms with van der Waals surface area (Å²) in [6.07, 6.45) is 1.58. The molecule has 6 heteroatoms. The summed E-state index contributed by atoms with van der Waals surface area (Å²) in [6, 6.07) is 6.62. The molecule has 17 heavy (non-hydrogen) atoms. The van der Waals surface area contributed by atoms with Crippen molar-refractivity contribution in [2.75, 3.05) is 5.32 Å². The van der Waals surface area contributed by atoms with Crippen LogP contribution < -0.4 is 5.32 Å². The molecule has 4 nitrogen and oxygen atoms in total. The van der Waals surface area contributed by atoms with Crippen LogP contribution in [-0.4, -0.2) is 11.1 Å². The molecule has 0 aliphatic rings. The first-order valence-electron chi connectivity index (χ1n) is 4.79. The van der Waals surface area contributed by atoms with Crippen LogP contribution in [0.25, 0.3) is 0 Å². The Hall–Kier alpha value is -1.52. The highest BCUT2D eigenvalue weighted by atomic mass is 35.5. The lowest BCUT2D eigenvalue weighted by Crippen LogP contribution is -2.14. The monoisotopic (exact) mass is 270 g/mol. The fraction of sp³-hybridized carbons (Fsp3) is 0.0909. The summed E-state index contributed by atoms with van der Waals surface area (Å²) < 4.78 is 4.60. The first-order chi connectivity index (χ1) is 8.15. The topological polar surface area (TPSA) is 55.1 Å². The molecule has 1 heterocycles. The largest absolute Gasteiger partial charge is 0.363 e. The number of hydrogen-bond acceptors (Lipinski definition) is 3. The van der Waals surface area contributed by atoms with Gasteiger partial charge in [-0.1, -0.05) is 34.4 Å². The van der Waals surface area contributed by atoms with E-state index in [4.69, 9.17) is 23.2 Å². The maximum absolute atomic E-state index is 11.6. The Balaban J connectivity index is 2.00. The van der Waals surface area contributed by atoms with E-state index in [1.54, 1.807) is 24.3 Å². The highest BCUT2D eigenvalue weighted by molar-refractivity contribution is 6.42. The Morgan fingerprint density at radius 2 is 2.12 bits per heavy atom. The summed E-state index contributed by atoms with van der Waals surface area (Å²) in [5, 5.41) is 7.05. The standard InChI is InChI=1S/C11H8Cl2N2O2/c12-8-2-1-7(5-9(8)13)6-11(16)14-10-3-4-17-15-10/h1-5H,6H2,(H,14,15,16). The predicted octanol–water partition coefficient (Wildman–Crippen LogP) is 3.16. The third-order valence-corrected chi connectivity index (χ3v) is 2.79. The molecule has 1 aromatic heterocycles. The second kappa shape index (κ2) is 5.21. The molecule has 0 unspecified atom stereocenters. The van der Waals surface area contributed by atoms with Gasteiger partial charge in [-0.3, -0.25) is 4.79 Å². The molecule has 0 spiro atoms. The van der Waals surface area contributed by atoms with Gasteiger partial charge in [0.2, 0.25) is 5.91 Å². The summed E-state index contributed by atoms with van der Waals surface area (Å²) in [6.45, 7) is 0. The van der Waals surface area contributed by atoms with Crippen molar-refractivity contribution in [3.8, 4) is 0 Å². The van der Waals surface area contributed by atoms with Crippen LogP contribution in [0.15, 0.2) is 35.1 Å².